The molecule has 4 aromatic rings. The van der Waals surface area contributed by atoms with Crippen LogP contribution in [0.5, 0.6) is 0 Å². The van der Waals surface area contributed by atoms with Crippen LogP contribution in [0.3, 0.4) is 0 Å². The Balaban J connectivity index is 1.33. The average Bonchev–Trinajstić information content (AvgIpc) is 3.52. The molecule has 3 N–H and O–H groups in total. The van der Waals surface area contributed by atoms with Gasteiger partial charge in [0.15, 0.2) is 0 Å². The first-order valence-corrected chi connectivity index (χ1v) is 12.1. The second-order valence-electron chi connectivity index (χ2n) is 9.44. The largest absolute Gasteiger partial charge is 0.456 e. The fourth-order valence-electron chi connectivity index (χ4n) is 4.89. The topological polar surface area (TPSA) is 91.8 Å². The van der Waals surface area contributed by atoms with Gasteiger partial charge < -0.3 is 20.4 Å². The van der Waals surface area contributed by atoms with Gasteiger partial charge in [0.2, 0.25) is 11.8 Å². The molecule has 1 saturated heterocycles. The van der Waals surface area contributed by atoms with Crippen LogP contribution in [0.15, 0.2) is 83.3 Å². The summed E-state index contributed by atoms with van der Waals surface area (Å²) >= 11 is 0. The molecule has 5 rings (SSSR count). The summed E-state index contributed by atoms with van der Waals surface area (Å²) in [4.78, 5) is 30.5. The number of likely N-dealkylation sites (tertiary alicyclic amines) is 1. The Hall–Kier alpha value is -4.10. The number of carbonyl (C=O) groups is 2. The highest BCUT2D eigenvalue weighted by molar-refractivity contribution is 6.00. The van der Waals surface area contributed by atoms with Gasteiger partial charge in [-0.1, -0.05) is 30.3 Å². The van der Waals surface area contributed by atoms with Crippen LogP contribution in [-0.2, 0) is 9.59 Å². The van der Waals surface area contributed by atoms with E-state index in [-0.39, 0.29) is 11.8 Å². The quantitative estimate of drug-likeness (QED) is 0.381. The minimum atomic E-state index is -0.506. The summed E-state index contributed by atoms with van der Waals surface area (Å²) in [6.07, 6.45) is 1.44. The summed E-state index contributed by atoms with van der Waals surface area (Å²) in [6.45, 7) is 0.569. The summed E-state index contributed by atoms with van der Waals surface area (Å²) in [5.41, 5.74) is 9.73. The molecule has 0 aliphatic carbocycles. The van der Waals surface area contributed by atoms with Crippen LogP contribution >= 0.6 is 0 Å². The van der Waals surface area contributed by atoms with Gasteiger partial charge in [0, 0.05) is 28.9 Å². The summed E-state index contributed by atoms with van der Waals surface area (Å²) in [6, 6.07) is 23.8. The van der Waals surface area contributed by atoms with Crippen LogP contribution < -0.4 is 11.1 Å². The number of nitrogens with zero attached hydrogens (tertiary/aromatic N) is 2. The van der Waals surface area contributed by atoms with Gasteiger partial charge >= 0.3 is 0 Å². The van der Waals surface area contributed by atoms with E-state index < -0.39 is 12.1 Å². The molecule has 1 aliphatic rings. The SMILES string of the molecule is CN(C)[C@@H](C(=O)N1CCC[C@H]1C(=O)Nc1ccc2oc(-c3ccc(N)cc3)cc2c1)c1ccccc1. The number of rotatable bonds is 6. The van der Waals surface area contributed by atoms with Crippen molar-refractivity contribution in [2.45, 2.75) is 24.9 Å². The molecule has 2 amide bonds. The molecule has 3 aromatic carbocycles. The van der Waals surface area contributed by atoms with Crippen molar-refractivity contribution in [3.05, 3.63) is 84.4 Å². The van der Waals surface area contributed by atoms with E-state index in [9.17, 15) is 9.59 Å². The van der Waals surface area contributed by atoms with Crippen molar-refractivity contribution < 1.29 is 14.0 Å². The molecule has 0 bridgehead atoms. The molecular weight excluding hydrogens is 452 g/mol. The van der Waals surface area contributed by atoms with Crippen molar-refractivity contribution >= 4 is 34.2 Å². The van der Waals surface area contributed by atoms with E-state index in [2.05, 4.69) is 5.32 Å². The van der Waals surface area contributed by atoms with E-state index >= 15 is 0 Å². The Kier molecular flexibility index (Phi) is 6.48. The van der Waals surface area contributed by atoms with Crippen LogP contribution in [0.25, 0.3) is 22.3 Å². The number of amides is 2. The van der Waals surface area contributed by atoms with Crippen molar-refractivity contribution in [2.24, 2.45) is 0 Å². The van der Waals surface area contributed by atoms with Crippen molar-refractivity contribution in [1.29, 1.82) is 0 Å². The Morgan fingerprint density at radius 2 is 1.78 bits per heavy atom. The molecule has 2 atom stereocenters. The third-order valence-corrected chi connectivity index (χ3v) is 6.68. The first kappa shape index (κ1) is 23.6. The second kappa shape index (κ2) is 9.87. The minimum Gasteiger partial charge on any atom is -0.456 e. The Labute approximate surface area is 210 Å². The van der Waals surface area contributed by atoms with Crippen LogP contribution in [0.4, 0.5) is 11.4 Å². The standard InChI is InChI=1S/C29H30N4O3/c1-32(2)27(20-7-4-3-5-8-20)29(35)33-16-6-9-24(33)28(34)31-23-14-15-25-21(17-23)18-26(36-25)19-10-12-22(30)13-11-19/h3-5,7-8,10-15,17-18,24,27H,6,9,16,30H2,1-2H3,(H,31,34)/t24-,27+/m0/s1. The number of anilines is 2. The molecular formula is C29H30N4O3. The van der Waals surface area contributed by atoms with Gasteiger partial charge in [0.05, 0.1) is 0 Å². The molecule has 1 fully saturated rings. The molecule has 184 valence electrons. The number of hydrogen-bond donors (Lipinski definition) is 2. The van der Waals surface area contributed by atoms with Gasteiger partial charge in [0.25, 0.3) is 0 Å². The number of fused-ring (bicyclic) bond motifs is 1. The summed E-state index contributed by atoms with van der Waals surface area (Å²) in [5.74, 6) is 0.506. The highest BCUT2D eigenvalue weighted by Gasteiger charge is 2.38. The molecule has 2 heterocycles. The van der Waals surface area contributed by atoms with Gasteiger partial charge in [-0.3, -0.25) is 14.5 Å². The number of nitrogens with two attached hydrogens (primary N) is 1. The predicted octanol–water partition coefficient (Wildman–Crippen LogP) is 4.91. The number of benzene rings is 3. The first-order chi connectivity index (χ1) is 17.4. The number of carbonyl (C=O) groups excluding carboxylic acids is 2. The molecule has 0 unspecified atom stereocenters. The summed E-state index contributed by atoms with van der Waals surface area (Å²) in [7, 11) is 3.78. The predicted molar refractivity (Wildman–Crippen MR) is 142 cm³/mol. The monoisotopic (exact) mass is 482 g/mol. The number of nitrogen functional groups attached to an aromatic ring is 1. The van der Waals surface area contributed by atoms with Gasteiger partial charge in [0.1, 0.15) is 23.4 Å². The molecule has 36 heavy (non-hydrogen) atoms. The first-order valence-electron chi connectivity index (χ1n) is 12.1. The smallest absolute Gasteiger partial charge is 0.247 e. The highest BCUT2D eigenvalue weighted by Crippen LogP contribution is 2.31. The van der Waals surface area contributed by atoms with E-state index in [0.717, 1.165) is 34.3 Å². The van der Waals surface area contributed by atoms with E-state index in [1.165, 1.54) is 0 Å². The fraction of sp³-hybridized carbons (Fsp3) is 0.241. The van der Waals surface area contributed by atoms with E-state index in [0.29, 0.717) is 24.3 Å². The molecule has 0 saturated carbocycles. The van der Waals surface area contributed by atoms with Gasteiger partial charge in [-0.25, -0.2) is 0 Å². The van der Waals surface area contributed by atoms with Gasteiger partial charge in [-0.15, -0.1) is 0 Å². The number of likely N-dealkylation sites (N-methyl/N-ethyl adjacent to an activating group) is 1. The maximum Gasteiger partial charge on any atom is 0.247 e. The molecule has 0 radical (unpaired) electrons. The average molecular weight is 483 g/mol. The number of nitrogens with one attached hydrogen (secondary N) is 1. The molecule has 7 heteroatoms. The van der Waals surface area contributed by atoms with Crippen molar-refractivity contribution in [3.8, 4) is 11.3 Å². The third kappa shape index (κ3) is 4.70. The van der Waals surface area contributed by atoms with Crippen molar-refractivity contribution in [1.82, 2.24) is 9.80 Å². The van der Waals surface area contributed by atoms with E-state index in [1.807, 2.05) is 97.9 Å². The zero-order valence-electron chi connectivity index (χ0n) is 20.5. The van der Waals surface area contributed by atoms with Crippen molar-refractivity contribution in [2.75, 3.05) is 31.7 Å². The lowest BCUT2D eigenvalue weighted by Crippen LogP contribution is -2.47. The highest BCUT2D eigenvalue weighted by atomic mass is 16.3. The van der Waals surface area contributed by atoms with E-state index in [4.69, 9.17) is 10.2 Å². The second-order valence-corrected chi connectivity index (χ2v) is 9.44. The molecule has 7 nitrogen and oxygen atoms in total. The van der Waals surface area contributed by atoms with Gasteiger partial charge in [-0.2, -0.15) is 0 Å². The molecule has 0 spiro atoms. The Morgan fingerprint density at radius 1 is 1.03 bits per heavy atom. The van der Waals surface area contributed by atoms with Crippen molar-refractivity contribution in [3.63, 3.8) is 0 Å². The zero-order chi connectivity index (χ0) is 25.2. The van der Waals surface area contributed by atoms with Crippen LogP contribution in [0, 0.1) is 0 Å². The molecule has 1 aliphatic heterocycles. The van der Waals surface area contributed by atoms with Gasteiger partial charge in [-0.05, 0) is 81.0 Å². The number of hydrogen-bond acceptors (Lipinski definition) is 5. The normalized spacial score (nSPS) is 16.4. The Morgan fingerprint density at radius 3 is 2.50 bits per heavy atom. The van der Waals surface area contributed by atoms with E-state index in [1.54, 1.807) is 4.90 Å². The van der Waals surface area contributed by atoms with Crippen LogP contribution in [-0.4, -0.2) is 48.3 Å². The van der Waals surface area contributed by atoms with Crippen LogP contribution in [0.2, 0.25) is 0 Å². The maximum atomic E-state index is 13.6. The lowest BCUT2D eigenvalue weighted by atomic mass is 10.0. The summed E-state index contributed by atoms with van der Waals surface area (Å²) < 4.78 is 5.98. The van der Waals surface area contributed by atoms with Crippen LogP contribution in [0.1, 0.15) is 24.4 Å². The zero-order valence-corrected chi connectivity index (χ0v) is 20.5. The molecule has 1 aromatic heterocycles. The lowest BCUT2D eigenvalue weighted by Gasteiger charge is -2.31. The number of furan rings is 1. The maximum absolute atomic E-state index is 13.6. The fourth-order valence-corrected chi connectivity index (χ4v) is 4.89. The lowest BCUT2D eigenvalue weighted by molar-refractivity contribution is -0.140. The minimum absolute atomic E-state index is 0.0534. The summed E-state index contributed by atoms with van der Waals surface area (Å²) in [5, 5.41) is 3.91. The Bertz CT molecular complexity index is 1380. The third-order valence-electron chi connectivity index (χ3n) is 6.68.